The fourth-order valence-electron chi connectivity index (χ4n) is 1.56. The van der Waals surface area contributed by atoms with E-state index in [1.54, 1.807) is 0 Å². The number of hydrogen-bond donors (Lipinski definition) is 2. The summed E-state index contributed by atoms with van der Waals surface area (Å²) in [4.78, 5) is 7.67. The average Bonchev–Trinajstić information content (AvgIpc) is 2.96. The highest BCUT2D eigenvalue weighted by Crippen LogP contribution is 2.30. The standard InChI is InChI=1S/C13H21F3N4O3S2.HI/c1-3-17-12(18-4-5-23-6-7-25(2,21)22)19-8-11-20-10(9-24-11)13(14,15)16;/h9H,3-8H2,1-2H3,(H2,17,18,19);1H. The number of ether oxygens (including phenoxy) is 1. The van der Waals surface area contributed by atoms with Crippen LogP contribution in [-0.4, -0.2) is 57.7 Å². The van der Waals surface area contributed by atoms with Gasteiger partial charge in [0.1, 0.15) is 14.8 Å². The maximum absolute atomic E-state index is 12.5. The molecule has 0 saturated heterocycles. The van der Waals surface area contributed by atoms with Crippen LogP contribution in [0.1, 0.15) is 17.6 Å². The molecule has 0 aliphatic heterocycles. The molecule has 0 unspecified atom stereocenters. The first-order chi connectivity index (χ1) is 11.6. The van der Waals surface area contributed by atoms with Crippen molar-refractivity contribution in [1.82, 2.24) is 15.6 Å². The molecule has 0 aromatic carbocycles. The fourth-order valence-corrected chi connectivity index (χ4v) is 2.70. The maximum atomic E-state index is 12.5. The quantitative estimate of drug-likeness (QED) is 0.219. The molecule has 1 heterocycles. The molecule has 0 bridgehead atoms. The minimum atomic E-state index is -4.45. The van der Waals surface area contributed by atoms with Crippen LogP contribution in [0.2, 0.25) is 0 Å². The number of nitrogens with one attached hydrogen (secondary N) is 2. The van der Waals surface area contributed by atoms with Gasteiger partial charge in [0.15, 0.2) is 11.7 Å². The van der Waals surface area contributed by atoms with E-state index in [4.69, 9.17) is 4.74 Å². The van der Waals surface area contributed by atoms with Gasteiger partial charge in [-0.2, -0.15) is 13.2 Å². The molecule has 0 atom stereocenters. The zero-order valence-electron chi connectivity index (χ0n) is 14.3. The minimum absolute atomic E-state index is 0. The van der Waals surface area contributed by atoms with E-state index in [2.05, 4.69) is 20.6 Å². The zero-order valence-corrected chi connectivity index (χ0v) is 18.3. The Morgan fingerprint density at radius 2 is 2.04 bits per heavy atom. The van der Waals surface area contributed by atoms with Gasteiger partial charge in [-0.15, -0.1) is 35.3 Å². The minimum Gasteiger partial charge on any atom is -0.379 e. The molecule has 0 saturated carbocycles. The molecule has 0 aliphatic carbocycles. The van der Waals surface area contributed by atoms with Crippen molar-refractivity contribution in [3.8, 4) is 0 Å². The van der Waals surface area contributed by atoms with Crippen LogP contribution in [0.4, 0.5) is 13.2 Å². The SMILES string of the molecule is CCNC(=NCc1nc(C(F)(F)F)cs1)NCCOCCS(C)(=O)=O.I. The van der Waals surface area contributed by atoms with Crippen LogP contribution in [0.15, 0.2) is 10.4 Å². The first kappa shape index (κ1) is 25.3. The second-order valence-corrected chi connectivity index (χ2v) is 8.19. The van der Waals surface area contributed by atoms with Crippen LogP contribution in [0.25, 0.3) is 0 Å². The van der Waals surface area contributed by atoms with Gasteiger partial charge in [0, 0.05) is 24.7 Å². The van der Waals surface area contributed by atoms with Gasteiger partial charge in [-0.25, -0.2) is 18.4 Å². The van der Waals surface area contributed by atoms with Gasteiger partial charge in [0.2, 0.25) is 0 Å². The zero-order chi connectivity index (χ0) is 18.9. The predicted molar refractivity (Wildman–Crippen MR) is 106 cm³/mol. The van der Waals surface area contributed by atoms with E-state index in [9.17, 15) is 21.6 Å². The highest BCUT2D eigenvalue weighted by Gasteiger charge is 2.33. The first-order valence-corrected chi connectivity index (χ1v) is 10.3. The van der Waals surface area contributed by atoms with Gasteiger partial charge in [-0.1, -0.05) is 0 Å². The van der Waals surface area contributed by atoms with Crippen LogP contribution in [0, 0.1) is 0 Å². The monoisotopic (exact) mass is 530 g/mol. The van der Waals surface area contributed by atoms with Gasteiger partial charge >= 0.3 is 6.18 Å². The van der Waals surface area contributed by atoms with Crippen molar-refractivity contribution < 1.29 is 26.3 Å². The molecule has 0 fully saturated rings. The normalized spacial score (nSPS) is 12.6. The lowest BCUT2D eigenvalue weighted by Crippen LogP contribution is -2.39. The number of aliphatic imine (C=N–C) groups is 1. The number of sulfone groups is 1. The highest BCUT2D eigenvalue weighted by atomic mass is 127. The van der Waals surface area contributed by atoms with E-state index in [0.29, 0.717) is 19.0 Å². The van der Waals surface area contributed by atoms with Crippen molar-refractivity contribution in [2.75, 3.05) is 38.3 Å². The molecule has 152 valence electrons. The predicted octanol–water partition coefficient (Wildman–Crippen LogP) is 1.90. The Hall–Kier alpha value is -0.670. The largest absolute Gasteiger partial charge is 0.434 e. The summed E-state index contributed by atoms with van der Waals surface area (Å²) in [7, 11) is -3.05. The molecular weight excluding hydrogens is 508 g/mol. The molecule has 13 heteroatoms. The van der Waals surface area contributed by atoms with Crippen LogP contribution < -0.4 is 10.6 Å². The lowest BCUT2D eigenvalue weighted by Gasteiger charge is -2.11. The molecule has 7 nitrogen and oxygen atoms in total. The second-order valence-electron chi connectivity index (χ2n) is 4.99. The van der Waals surface area contributed by atoms with E-state index in [-0.39, 0.29) is 54.5 Å². The van der Waals surface area contributed by atoms with Crippen LogP contribution in [0.3, 0.4) is 0 Å². The van der Waals surface area contributed by atoms with E-state index < -0.39 is 21.7 Å². The number of rotatable bonds is 9. The molecule has 0 amide bonds. The van der Waals surface area contributed by atoms with Crippen molar-refractivity contribution in [1.29, 1.82) is 0 Å². The number of alkyl halides is 3. The number of thiazole rings is 1. The Kier molecular flexibility index (Phi) is 11.6. The Balaban J connectivity index is 0.00000625. The van der Waals surface area contributed by atoms with Gasteiger partial charge in [0.05, 0.1) is 25.5 Å². The summed E-state index contributed by atoms with van der Waals surface area (Å²) >= 11 is 0.898. The number of nitrogens with zero attached hydrogens (tertiary/aromatic N) is 2. The van der Waals surface area contributed by atoms with E-state index >= 15 is 0 Å². The molecule has 26 heavy (non-hydrogen) atoms. The van der Waals surface area contributed by atoms with Crippen molar-refractivity contribution in [3.05, 3.63) is 16.1 Å². The Morgan fingerprint density at radius 1 is 1.35 bits per heavy atom. The molecular formula is C13H22F3IN4O3S2. The number of guanidine groups is 1. The number of halogens is 4. The second kappa shape index (κ2) is 11.9. The van der Waals surface area contributed by atoms with Gasteiger partial charge in [-0.05, 0) is 6.92 Å². The highest BCUT2D eigenvalue weighted by molar-refractivity contribution is 14.0. The summed E-state index contributed by atoms with van der Waals surface area (Å²) in [6, 6.07) is 0. The summed E-state index contributed by atoms with van der Waals surface area (Å²) in [5.74, 6) is 0.366. The summed E-state index contributed by atoms with van der Waals surface area (Å²) in [6.45, 7) is 3.20. The van der Waals surface area contributed by atoms with Crippen molar-refractivity contribution in [2.45, 2.75) is 19.6 Å². The lowest BCUT2D eigenvalue weighted by molar-refractivity contribution is -0.140. The molecule has 0 aliphatic rings. The van der Waals surface area contributed by atoms with Crippen molar-refractivity contribution in [2.24, 2.45) is 4.99 Å². The molecule has 2 N–H and O–H groups in total. The van der Waals surface area contributed by atoms with Gasteiger partial charge in [-0.3, -0.25) is 0 Å². The number of hydrogen-bond acceptors (Lipinski definition) is 6. The molecule has 1 aromatic rings. The van der Waals surface area contributed by atoms with Crippen molar-refractivity contribution in [3.63, 3.8) is 0 Å². The number of aromatic nitrogens is 1. The Bertz CT molecular complexity index is 666. The van der Waals surface area contributed by atoms with Crippen LogP contribution in [-0.2, 0) is 27.3 Å². The Morgan fingerprint density at radius 3 is 2.58 bits per heavy atom. The van der Waals surface area contributed by atoms with E-state index in [0.717, 1.165) is 23.0 Å². The third-order valence-electron chi connectivity index (χ3n) is 2.70. The molecule has 1 aromatic heterocycles. The maximum Gasteiger partial charge on any atom is 0.434 e. The summed E-state index contributed by atoms with van der Waals surface area (Å²) in [5.41, 5.74) is -0.917. The smallest absolute Gasteiger partial charge is 0.379 e. The first-order valence-electron chi connectivity index (χ1n) is 7.41. The topological polar surface area (TPSA) is 92.7 Å². The summed E-state index contributed by atoms with van der Waals surface area (Å²) in [5, 5.41) is 7.11. The van der Waals surface area contributed by atoms with Crippen LogP contribution in [0.5, 0.6) is 0 Å². The fraction of sp³-hybridized carbons (Fsp3) is 0.692. The lowest BCUT2D eigenvalue weighted by atomic mass is 10.5. The van der Waals surface area contributed by atoms with Crippen LogP contribution >= 0.6 is 35.3 Å². The third-order valence-corrected chi connectivity index (χ3v) is 4.44. The summed E-state index contributed by atoms with van der Waals surface area (Å²) < 4.78 is 64.5. The molecule has 0 spiro atoms. The molecule has 1 rings (SSSR count). The third kappa shape index (κ3) is 11.1. The summed E-state index contributed by atoms with van der Waals surface area (Å²) in [6.07, 6.45) is -3.32. The van der Waals surface area contributed by atoms with E-state index in [1.807, 2.05) is 6.92 Å². The van der Waals surface area contributed by atoms with Gasteiger partial charge in [0.25, 0.3) is 0 Å². The van der Waals surface area contributed by atoms with E-state index in [1.165, 1.54) is 0 Å². The van der Waals surface area contributed by atoms with Gasteiger partial charge < -0.3 is 15.4 Å². The Labute approximate surface area is 171 Å². The average molecular weight is 530 g/mol. The van der Waals surface area contributed by atoms with Crippen molar-refractivity contribution >= 4 is 51.1 Å². The molecule has 0 radical (unpaired) electrons.